The van der Waals surface area contributed by atoms with Gasteiger partial charge in [-0.05, 0) is 47.5 Å². The zero-order valence-corrected chi connectivity index (χ0v) is 13.6. The highest BCUT2D eigenvalue weighted by atomic mass is 35.5. The lowest BCUT2D eigenvalue weighted by Gasteiger charge is -2.04. The molecule has 0 radical (unpaired) electrons. The molecule has 4 rings (SSSR count). The summed E-state index contributed by atoms with van der Waals surface area (Å²) in [6.45, 7) is 0. The van der Waals surface area contributed by atoms with Gasteiger partial charge >= 0.3 is 0 Å². The van der Waals surface area contributed by atoms with Crippen molar-refractivity contribution in [2.24, 2.45) is 0 Å². The van der Waals surface area contributed by atoms with E-state index in [9.17, 15) is 0 Å². The smallest absolute Gasteiger partial charge is 0.0598 e. The van der Waals surface area contributed by atoms with Gasteiger partial charge in [-0.1, -0.05) is 53.0 Å². The summed E-state index contributed by atoms with van der Waals surface area (Å²) in [5.74, 6) is 0. The highest BCUT2D eigenvalue weighted by molar-refractivity contribution is 6.42. The van der Waals surface area contributed by atoms with Crippen molar-refractivity contribution in [3.05, 3.63) is 69.7 Å². The number of rotatable bonds is 1. The number of hydrogen-bond donors (Lipinski definition) is 1. The molecule has 4 heteroatoms. The summed E-state index contributed by atoms with van der Waals surface area (Å²) in [5.41, 5.74) is 4.27. The molecular formula is C18H10Cl3N. The van der Waals surface area contributed by atoms with E-state index < -0.39 is 0 Å². The van der Waals surface area contributed by atoms with Crippen LogP contribution in [-0.4, -0.2) is 4.98 Å². The fourth-order valence-corrected chi connectivity index (χ4v) is 3.20. The van der Waals surface area contributed by atoms with Crippen LogP contribution in [0.2, 0.25) is 15.1 Å². The number of nitrogens with one attached hydrogen (secondary N) is 1. The predicted octanol–water partition coefficient (Wildman–Crippen LogP) is 6.95. The third-order valence-electron chi connectivity index (χ3n) is 3.81. The molecule has 1 nitrogen and oxygen atoms in total. The van der Waals surface area contributed by atoms with Crippen molar-refractivity contribution in [2.45, 2.75) is 0 Å². The molecule has 0 amide bonds. The van der Waals surface area contributed by atoms with Gasteiger partial charge in [0.25, 0.3) is 0 Å². The van der Waals surface area contributed by atoms with E-state index in [0.717, 1.165) is 38.0 Å². The van der Waals surface area contributed by atoms with Crippen LogP contribution in [0.3, 0.4) is 0 Å². The summed E-state index contributed by atoms with van der Waals surface area (Å²) in [5, 5.41) is 4.14. The number of fused-ring (bicyclic) bond motifs is 3. The van der Waals surface area contributed by atoms with E-state index >= 15 is 0 Å². The number of hydrogen-bond acceptors (Lipinski definition) is 0. The lowest BCUT2D eigenvalue weighted by Crippen LogP contribution is -1.79. The SMILES string of the molecule is Clc1ccc2[nH]c3cc(-c4ccc(Cl)c(Cl)c4)ccc3c2c1. The van der Waals surface area contributed by atoms with Crippen LogP contribution in [0.25, 0.3) is 32.9 Å². The van der Waals surface area contributed by atoms with Gasteiger partial charge in [-0.15, -0.1) is 0 Å². The number of aromatic nitrogens is 1. The van der Waals surface area contributed by atoms with Gasteiger partial charge in [0.05, 0.1) is 10.0 Å². The monoisotopic (exact) mass is 345 g/mol. The molecule has 0 aliphatic rings. The Morgan fingerprint density at radius 2 is 1.36 bits per heavy atom. The minimum Gasteiger partial charge on any atom is -0.354 e. The maximum atomic E-state index is 6.11. The summed E-state index contributed by atoms with van der Waals surface area (Å²) < 4.78 is 0. The van der Waals surface area contributed by atoms with Gasteiger partial charge in [0, 0.05) is 26.8 Å². The zero-order chi connectivity index (χ0) is 15.3. The van der Waals surface area contributed by atoms with Crippen molar-refractivity contribution in [1.29, 1.82) is 0 Å². The van der Waals surface area contributed by atoms with Gasteiger partial charge < -0.3 is 4.98 Å². The van der Waals surface area contributed by atoms with E-state index in [1.807, 2.05) is 36.4 Å². The van der Waals surface area contributed by atoms with Crippen LogP contribution in [0.15, 0.2) is 54.6 Å². The Morgan fingerprint density at radius 3 is 2.18 bits per heavy atom. The molecule has 0 saturated carbocycles. The van der Waals surface area contributed by atoms with Gasteiger partial charge in [0.1, 0.15) is 0 Å². The zero-order valence-electron chi connectivity index (χ0n) is 11.3. The molecule has 0 aliphatic heterocycles. The van der Waals surface area contributed by atoms with E-state index in [2.05, 4.69) is 23.2 Å². The van der Waals surface area contributed by atoms with Gasteiger partial charge in [-0.25, -0.2) is 0 Å². The Balaban J connectivity index is 1.93. The number of halogens is 3. The first kappa shape index (κ1) is 14.0. The molecule has 22 heavy (non-hydrogen) atoms. The lowest BCUT2D eigenvalue weighted by molar-refractivity contribution is 1.54. The summed E-state index contributed by atoms with van der Waals surface area (Å²) in [7, 11) is 0. The third-order valence-corrected chi connectivity index (χ3v) is 4.79. The van der Waals surface area contributed by atoms with Crippen LogP contribution in [0.5, 0.6) is 0 Å². The van der Waals surface area contributed by atoms with Crippen molar-refractivity contribution in [2.75, 3.05) is 0 Å². The molecule has 4 aromatic rings. The molecule has 1 heterocycles. The highest BCUT2D eigenvalue weighted by Gasteiger charge is 2.07. The van der Waals surface area contributed by atoms with Crippen LogP contribution >= 0.6 is 34.8 Å². The maximum absolute atomic E-state index is 6.11. The van der Waals surface area contributed by atoms with Gasteiger partial charge in [0.2, 0.25) is 0 Å². The maximum Gasteiger partial charge on any atom is 0.0598 e. The van der Waals surface area contributed by atoms with Crippen molar-refractivity contribution in [1.82, 2.24) is 4.98 Å². The first-order valence-electron chi connectivity index (χ1n) is 6.78. The molecule has 0 atom stereocenters. The van der Waals surface area contributed by atoms with Crippen LogP contribution in [0, 0.1) is 0 Å². The van der Waals surface area contributed by atoms with Crippen molar-refractivity contribution >= 4 is 56.6 Å². The van der Waals surface area contributed by atoms with Gasteiger partial charge in [0.15, 0.2) is 0 Å². The molecule has 0 unspecified atom stereocenters. The molecule has 1 aromatic heterocycles. The average Bonchev–Trinajstić information content (AvgIpc) is 2.87. The van der Waals surface area contributed by atoms with Crippen LogP contribution in [0.4, 0.5) is 0 Å². The minimum absolute atomic E-state index is 0.558. The number of H-pyrrole nitrogens is 1. The lowest BCUT2D eigenvalue weighted by atomic mass is 10.0. The van der Waals surface area contributed by atoms with E-state index in [1.165, 1.54) is 0 Å². The summed E-state index contributed by atoms with van der Waals surface area (Å²) in [4.78, 5) is 3.42. The fraction of sp³-hybridized carbons (Fsp3) is 0. The molecule has 0 aliphatic carbocycles. The fourth-order valence-electron chi connectivity index (χ4n) is 2.73. The normalized spacial score (nSPS) is 11.4. The van der Waals surface area contributed by atoms with E-state index in [1.54, 1.807) is 0 Å². The van der Waals surface area contributed by atoms with Gasteiger partial charge in [-0.3, -0.25) is 0 Å². The second-order valence-electron chi connectivity index (χ2n) is 5.20. The van der Waals surface area contributed by atoms with Gasteiger partial charge in [-0.2, -0.15) is 0 Å². The largest absolute Gasteiger partial charge is 0.354 e. The molecule has 0 spiro atoms. The van der Waals surface area contributed by atoms with E-state index in [4.69, 9.17) is 34.8 Å². The number of aromatic amines is 1. The molecule has 3 aromatic carbocycles. The topological polar surface area (TPSA) is 15.8 Å². The molecule has 0 saturated heterocycles. The average molecular weight is 347 g/mol. The van der Waals surface area contributed by atoms with E-state index in [-0.39, 0.29) is 0 Å². The van der Waals surface area contributed by atoms with Crippen LogP contribution < -0.4 is 0 Å². The summed E-state index contributed by atoms with van der Waals surface area (Å²) in [6, 6.07) is 17.8. The second-order valence-corrected chi connectivity index (χ2v) is 6.45. The Morgan fingerprint density at radius 1 is 0.591 bits per heavy atom. The quantitative estimate of drug-likeness (QED) is 0.384. The number of benzene rings is 3. The summed E-state index contributed by atoms with van der Waals surface area (Å²) in [6.07, 6.45) is 0. The molecule has 0 fully saturated rings. The second kappa shape index (κ2) is 5.20. The van der Waals surface area contributed by atoms with Crippen LogP contribution in [-0.2, 0) is 0 Å². The Hall–Kier alpha value is -1.67. The van der Waals surface area contributed by atoms with Crippen LogP contribution in [0.1, 0.15) is 0 Å². The minimum atomic E-state index is 0.558. The Bertz CT molecular complexity index is 1020. The third kappa shape index (κ3) is 2.26. The molecule has 0 bridgehead atoms. The molecule has 108 valence electrons. The Labute approximate surface area is 142 Å². The first-order valence-corrected chi connectivity index (χ1v) is 7.91. The van der Waals surface area contributed by atoms with Crippen molar-refractivity contribution < 1.29 is 0 Å². The predicted molar refractivity (Wildman–Crippen MR) is 96.3 cm³/mol. The highest BCUT2D eigenvalue weighted by Crippen LogP contribution is 2.33. The van der Waals surface area contributed by atoms with Crippen molar-refractivity contribution in [3.8, 4) is 11.1 Å². The summed E-state index contributed by atoms with van der Waals surface area (Å²) >= 11 is 18.2. The standard InChI is InChI=1S/C18H10Cl3N/c19-12-3-6-17-14(9-12)13-4-1-11(8-18(13)22-17)10-2-5-15(20)16(21)7-10/h1-9,22H. The Kier molecular flexibility index (Phi) is 3.30. The molecular weight excluding hydrogens is 337 g/mol. The molecule has 1 N–H and O–H groups in total. The van der Waals surface area contributed by atoms with E-state index in [0.29, 0.717) is 10.0 Å². The first-order chi connectivity index (χ1) is 10.6. The van der Waals surface area contributed by atoms with Crippen molar-refractivity contribution in [3.63, 3.8) is 0 Å².